The number of benzene rings is 2. The number of para-hydroxylation sites is 1. The van der Waals surface area contributed by atoms with Gasteiger partial charge in [-0.3, -0.25) is 9.59 Å². The number of nitrogens with one attached hydrogen (secondary N) is 1. The van der Waals surface area contributed by atoms with Gasteiger partial charge in [0.15, 0.2) is 6.61 Å². The minimum absolute atomic E-state index is 0.0214. The Labute approximate surface area is 152 Å². The van der Waals surface area contributed by atoms with Crippen molar-refractivity contribution in [2.24, 2.45) is 0 Å². The number of carbonyl (C=O) groups is 2. The van der Waals surface area contributed by atoms with Gasteiger partial charge in [-0.15, -0.1) is 0 Å². The zero-order valence-electron chi connectivity index (χ0n) is 14.4. The van der Waals surface area contributed by atoms with Crippen LogP contribution in [-0.4, -0.2) is 47.6 Å². The molecule has 0 atom stereocenters. The van der Waals surface area contributed by atoms with Crippen molar-refractivity contribution >= 4 is 11.8 Å². The molecule has 0 spiro atoms. The Bertz CT molecular complexity index is 755. The molecule has 26 heavy (non-hydrogen) atoms. The molecule has 2 N–H and O–H groups in total. The lowest BCUT2D eigenvalue weighted by molar-refractivity contribution is -0.124. The molecule has 1 saturated heterocycles. The lowest BCUT2D eigenvalue weighted by atomic mass is 10.0. The monoisotopic (exact) mass is 354 g/mol. The summed E-state index contributed by atoms with van der Waals surface area (Å²) in [5.41, 5.74) is 0.476. The van der Waals surface area contributed by atoms with Crippen molar-refractivity contribution in [1.29, 1.82) is 0 Å². The molecule has 0 radical (unpaired) electrons. The molecule has 1 aliphatic rings. The maximum Gasteiger partial charge on any atom is 0.258 e. The van der Waals surface area contributed by atoms with Crippen LogP contribution in [0.4, 0.5) is 0 Å². The van der Waals surface area contributed by atoms with Crippen LogP contribution in [0.1, 0.15) is 23.2 Å². The first-order valence-corrected chi connectivity index (χ1v) is 8.67. The van der Waals surface area contributed by atoms with Gasteiger partial charge in [-0.25, -0.2) is 0 Å². The van der Waals surface area contributed by atoms with Gasteiger partial charge in [0.1, 0.15) is 11.5 Å². The smallest absolute Gasteiger partial charge is 0.258 e. The maximum absolute atomic E-state index is 12.4. The van der Waals surface area contributed by atoms with Crippen LogP contribution in [0.5, 0.6) is 11.5 Å². The van der Waals surface area contributed by atoms with Crippen LogP contribution in [0.3, 0.4) is 0 Å². The predicted octanol–water partition coefficient (Wildman–Crippen LogP) is 2.19. The first-order valence-electron chi connectivity index (χ1n) is 8.67. The standard InChI is InChI=1S/C20H22N2O4/c23-17-6-4-5-15(13-17)20(25)22-11-9-16(10-12-22)21-19(24)14-26-18-7-2-1-3-8-18/h1-8,13,16,23H,9-12,14H2,(H,21,24). The second-order valence-electron chi connectivity index (χ2n) is 6.29. The van der Waals surface area contributed by atoms with Crippen LogP contribution in [0, 0.1) is 0 Å². The highest BCUT2D eigenvalue weighted by Gasteiger charge is 2.24. The second-order valence-corrected chi connectivity index (χ2v) is 6.29. The first-order chi connectivity index (χ1) is 12.6. The minimum Gasteiger partial charge on any atom is -0.508 e. The van der Waals surface area contributed by atoms with E-state index >= 15 is 0 Å². The minimum atomic E-state index is -0.161. The summed E-state index contributed by atoms with van der Waals surface area (Å²) in [4.78, 5) is 26.2. The Morgan fingerprint density at radius 1 is 1.08 bits per heavy atom. The molecule has 0 aromatic heterocycles. The third kappa shape index (κ3) is 4.75. The van der Waals surface area contributed by atoms with Crippen LogP contribution in [0.15, 0.2) is 54.6 Å². The number of likely N-dealkylation sites (tertiary alicyclic amines) is 1. The molecular formula is C20H22N2O4. The first kappa shape index (κ1) is 17.8. The molecule has 6 heteroatoms. The zero-order valence-corrected chi connectivity index (χ0v) is 14.4. The van der Waals surface area contributed by atoms with Gasteiger partial charge in [0.2, 0.25) is 0 Å². The van der Waals surface area contributed by atoms with Gasteiger partial charge in [-0.05, 0) is 43.2 Å². The fourth-order valence-electron chi connectivity index (χ4n) is 2.98. The van der Waals surface area contributed by atoms with Crippen molar-refractivity contribution in [3.05, 3.63) is 60.2 Å². The summed E-state index contributed by atoms with van der Waals surface area (Å²) in [6.45, 7) is 1.12. The number of hydrogen-bond acceptors (Lipinski definition) is 4. The number of hydrogen-bond donors (Lipinski definition) is 2. The Morgan fingerprint density at radius 3 is 2.50 bits per heavy atom. The number of carbonyl (C=O) groups excluding carboxylic acids is 2. The van der Waals surface area contributed by atoms with Crippen LogP contribution in [0.2, 0.25) is 0 Å². The van der Waals surface area contributed by atoms with Crippen LogP contribution in [-0.2, 0) is 4.79 Å². The van der Waals surface area contributed by atoms with Crippen molar-refractivity contribution in [2.75, 3.05) is 19.7 Å². The van der Waals surface area contributed by atoms with E-state index in [4.69, 9.17) is 4.74 Å². The summed E-state index contributed by atoms with van der Waals surface area (Å²) >= 11 is 0. The average Bonchev–Trinajstić information content (AvgIpc) is 2.67. The van der Waals surface area contributed by atoms with E-state index < -0.39 is 0 Å². The second kappa shape index (κ2) is 8.38. The van der Waals surface area contributed by atoms with Crippen LogP contribution >= 0.6 is 0 Å². The van der Waals surface area contributed by atoms with Crippen LogP contribution < -0.4 is 10.1 Å². The van der Waals surface area contributed by atoms with Crippen molar-refractivity contribution in [3.8, 4) is 11.5 Å². The molecule has 0 bridgehead atoms. The van der Waals surface area contributed by atoms with Gasteiger partial charge in [-0.1, -0.05) is 24.3 Å². The Kier molecular flexibility index (Phi) is 5.73. The molecule has 2 aromatic rings. The highest BCUT2D eigenvalue weighted by molar-refractivity contribution is 5.94. The van der Waals surface area contributed by atoms with E-state index in [0.29, 0.717) is 37.2 Å². The van der Waals surface area contributed by atoms with Crippen LogP contribution in [0.25, 0.3) is 0 Å². The Balaban J connectivity index is 1.43. The Morgan fingerprint density at radius 2 is 1.81 bits per heavy atom. The van der Waals surface area contributed by atoms with E-state index in [1.165, 1.54) is 12.1 Å². The lowest BCUT2D eigenvalue weighted by Crippen LogP contribution is -2.47. The molecule has 0 unspecified atom stereocenters. The van der Waals surface area contributed by atoms with Gasteiger partial charge in [0.25, 0.3) is 11.8 Å². The summed E-state index contributed by atoms with van der Waals surface area (Å²) in [5, 5.41) is 12.5. The molecule has 0 saturated carbocycles. The topological polar surface area (TPSA) is 78.9 Å². The zero-order chi connectivity index (χ0) is 18.4. The summed E-state index contributed by atoms with van der Waals surface area (Å²) in [7, 11) is 0. The molecule has 1 fully saturated rings. The fraction of sp³-hybridized carbons (Fsp3) is 0.300. The highest BCUT2D eigenvalue weighted by Crippen LogP contribution is 2.17. The lowest BCUT2D eigenvalue weighted by Gasteiger charge is -2.32. The maximum atomic E-state index is 12.4. The quantitative estimate of drug-likeness (QED) is 0.863. The van der Waals surface area contributed by atoms with Gasteiger partial charge >= 0.3 is 0 Å². The molecular weight excluding hydrogens is 332 g/mol. The summed E-state index contributed by atoms with van der Waals surface area (Å²) in [6.07, 6.45) is 1.39. The van der Waals surface area contributed by atoms with Gasteiger partial charge in [0.05, 0.1) is 0 Å². The van der Waals surface area contributed by atoms with Gasteiger partial charge in [0, 0.05) is 24.7 Å². The van der Waals surface area contributed by atoms with Crippen molar-refractivity contribution < 1.29 is 19.4 Å². The number of phenolic OH excluding ortho intramolecular Hbond substituents is 1. The van der Waals surface area contributed by atoms with E-state index in [2.05, 4.69) is 5.32 Å². The summed E-state index contributed by atoms with van der Waals surface area (Å²) < 4.78 is 5.44. The number of nitrogens with zero attached hydrogens (tertiary/aromatic N) is 1. The predicted molar refractivity (Wildman–Crippen MR) is 97.1 cm³/mol. The number of rotatable bonds is 5. The summed E-state index contributed by atoms with van der Waals surface area (Å²) in [6, 6.07) is 15.6. The van der Waals surface area contributed by atoms with E-state index in [0.717, 1.165) is 0 Å². The van der Waals surface area contributed by atoms with E-state index in [1.54, 1.807) is 29.2 Å². The normalized spacial score (nSPS) is 14.7. The van der Waals surface area contributed by atoms with Crippen molar-refractivity contribution in [2.45, 2.75) is 18.9 Å². The molecule has 1 heterocycles. The molecule has 3 rings (SSSR count). The highest BCUT2D eigenvalue weighted by atomic mass is 16.5. The Hall–Kier alpha value is -3.02. The van der Waals surface area contributed by atoms with Crippen molar-refractivity contribution in [3.63, 3.8) is 0 Å². The summed E-state index contributed by atoms with van der Waals surface area (Å²) in [5.74, 6) is 0.482. The molecule has 136 valence electrons. The van der Waals surface area contributed by atoms with E-state index in [1.807, 2.05) is 18.2 Å². The number of phenols is 1. The number of ether oxygens (including phenoxy) is 1. The average molecular weight is 354 g/mol. The van der Waals surface area contributed by atoms with E-state index in [-0.39, 0.29) is 30.2 Å². The molecule has 2 amide bonds. The fourth-order valence-corrected chi connectivity index (χ4v) is 2.98. The number of piperidine rings is 1. The molecule has 6 nitrogen and oxygen atoms in total. The largest absolute Gasteiger partial charge is 0.508 e. The van der Waals surface area contributed by atoms with Gasteiger partial charge in [-0.2, -0.15) is 0 Å². The van der Waals surface area contributed by atoms with Crippen molar-refractivity contribution in [1.82, 2.24) is 10.2 Å². The van der Waals surface area contributed by atoms with E-state index in [9.17, 15) is 14.7 Å². The third-order valence-electron chi connectivity index (χ3n) is 4.35. The molecule has 0 aliphatic carbocycles. The molecule has 2 aromatic carbocycles. The number of amides is 2. The van der Waals surface area contributed by atoms with Gasteiger partial charge < -0.3 is 20.1 Å². The third-order valence-corrected chi connectivity index (χ3v) is 4.35. The SMILES string of the molecule is O=C(COc1ccccc1)NC1CCN(C(=O)c2cccc(O)c2)CC1. The molecule has 1 aliphatic heterocycles. The number of aromatic hydroxyl groups is 1.